The molecule has 6 heteroatoms. The summed E-state index contributed by atoms with van der Waals surface area (Å²) in [6, 6.07) is 4.86. The van der Waals surface area contributed by atoms with Gasteiger partial charge in [-0.1, -0.05) is 17.7 Å². The molecule has 2 aromatic rings. The highest BCUT2D eigenvalue weighted by Gasteiger charge is 2.28. The minimum absolute atomic E-state index is 0.151. The lowest BCUT2D eigenvalue weighted by Crippen LogP contribution is -2.16. The Labute approximate surface area is 120 Å². The summed E-state index contributed by atoms with van der Waals surface area (Å²) in [5.41, 5.74) is 0.868. The third-order valence-corrected chi connectivity index (χ3v) is 4.25. The van der Waals surface area contributed by atoms with Crippen molar-refractivity contribution in [3.05, 3.63) is 40.4 Å². The molecule has 3 nitrogen and oxygen atoms in total. The number of anilines is 1. The molecule has 0 radical (unpaired) electrons. The summed E-state index contributed by atoms with van der Waals surface area (Å²) in [5.74, 6) is 1.13. The zero-order chi connectivity index (χ0) is 13.4. The second-order valence-electron chi connectivity index (χ2n) is 4.81. The molecular formula is C13H13ClFN3S. The average molecular weight is 298 g/mol. The number of aromatic nitrogens is 2. The molecule has 1 aromatic heterocycles. The molecule has 0 saturated heterocycles. The van der Waals surface area contributed by atoms with Crippen molar-refractivity contribution in [3.8, 4) is 0 Å². The third kappa shape index (κ3) is 2.87. The number of hydrogen-bond acceptors (Lipinski definition) is 4. The molecule has 19 heavy (non-hydrogen) atoms. The molecule has 0 atom stereocenters. The van der Waals surface area contributed by atoms with Crippen LogP contribution in [0.5, 0.6) is 0 Å². The van der Waals surface area contributed by atoms with Crippen LogP contribution < -0.4 is 4.90 Å². The van der Waals surface area contributed by atoms with Crippen molar-refractivity contribution in [2.75, 3.05) is 11.9 Å². The maximum Gasteiger partial charge on any atom is 0.205 e. The molecular weight excluding hydrogens is 285 g/mol. The van der Waals surface area contributed by atoms with Crippen molar-refractivity contribution in [3.63, 3.8) is 0 Å². The Hall–Kier alpha value is -1.20. The van der Waals surface area contributed by atoms with E-state index in [0.29, 0.717) is 12.5 Å². The normalized spacial score (nSPS) is 14.7. The van der Waals surface area contributed by atoms with Gasteiger partial charge in [0.1, 0.15) is 11.6 Å². The Bertz CT molecular complexity index is 597. The minimum atomic E-state index is -0.386. The maximum absolute atomic E-state index is 13.4. The Kier molecular flexibility index (Phi) is 3.41. The molecule has 1 fully saturated rings. The van der Waals surface area contributed by atoms with Crippen LogP contribution >= 0.6 is 23.1 Å². The quantitative estimate of drug-likeness (QED) is 0.858. The highest BCUT2D eigenvalue weighted by Crippen LogP contribution is 2.39. The van der Waals surface area contributed by atoms with E-state index in [1.807, 2.05) is 18.0 Å². The summed E-state index contributed by atoms with van der Waals surface area (Å²) in [6.07, 6.45) is 2.39. The van der Waals surface area contributed by atoms with Gasteiger partial charge in [-0.25, -0.2) is 9.37 Å². The Morgan fingerprint density at radius 2 is 2.26 bits per heavy atom. The fourth-order valence-electron chi connectivity index (χ4n) is 1.87. The van der Waals surface area contributed by atoms with Crippen LogP contribution in [0.4, 0.5) is 9.52 Å². The fraction of sp³-hybridized carbons (Fsp3) is 0.385. The molecule has 1 aromatic carbocycles. The monoisotopic (exact) mass is 297 g/mol. The van der Waals surface area contributed by atoms with E-state index in [2.05, 4.69) is 9.36 Å². The lowest BCUT2D eigenvalue weighted by Gasteiger charge is -2.15. The average Bonchev–Trinajstić information content (AvgIpc) is 3.11. The van der Waals surface area contributed by atoms with Gasteiger partial charge in [0.25, 0.3) is 0 Å². The lowest BCUT2D eigenvalue weighted by molar-refractivity contribution is 0.625. The second-order valence-corrected chi connectivity index (χ2v) is 5.95. The minimum Gasteiger partial charge on any atom is -0.346 e. The van der Waals surface area contributed by atoms with E-state index in [9.17, 15) is 4.39 Å². The van der Waals surface area contributed by atoms with Crippen LogP contribution in [0.15, 0.2) is 18.2 Å². The van der Waals surface area contributed by atoms with E-state index in [0.717, 1.165) is 16.5 Å². The molecule has 100 valence electrons. The zero-order valence-electron chi connectivity index (χ0n) is 10.4. The first kappa shape index (κ1) is 12.8. The van der Waals surface area contributed by atoms with Crippen LogP contribution in [-0.4, -0.2) is 16.4 Å². The summed E-state index contributed by atoms with van der Waals surface area (Å²) in [4.78, 5) is 6.50. The number of rotatable bonds is 4. The van der Waals surface area contributed by atoms with Gasteiger partial charge in [-0.05, 0) is 30.5 Å². The molecule has 3 rings (SSSR count). The van der Waals surface area contributed by atoms with Crippen LogP contribution in [0, 0.1) is 5.82 Å². The largest absolute Gasteiger partial charge is 0.346 e. The zero-order valence-corrected chi connectivity index (χ0v) is 12.0. The van der Waals surface area contributed by atoms with Crippen molar-refractivity contribution in [2.45, 2.75) is 25.3 Å². The van der Waals surface area contributed by atoms with Crippen LogP contribution in [0.1, 0.15) is 30.1 Å². The standard InChI is InChI=1S/C13H13ClFN3S/c1-18(7-8-2-5-10(14)11(15)6-8)13-16-12(17-19-13)9-3-4-9/h2,5-6,9H,3-4,7H2,1H3. The molecule has 1 saturated carbocycles. The fourth-order valence-corrected chi connectivity index (χ4v) is 2.69. The number of hydrogen-bond donors (Lipinski definition) is 0. The molecule has 0 unspecified atom stereocenters. The maximum atomic E-state index is 13.4. The molecule has 0 bridgehead atoms. The SMILES string of the molecule is CN(Cc1ccc(Cl)c(F)c1)c1nc(C2CC2)ns1. The number of nitrogens with zero attached hydrogens (tertiary/aromatic N) is 3. The molecule has 1 heterocycles. The molecule has 1 aliphatic carbocycles. The Morgan fingerprint density at radius 1 is 1.47 bits per heavy atom. The van der Waals surface area contributed by atoms with E-state index < -0.39 is 0 Å². The first-order chi connectivity index (χ1) is 9.13. The number of halogens is 2. The predicted octanol–water partition coefficient (Wildman–Crippen LogP) is 3.84. The van der Waals surface area contributed by atoms with Gasteiger partial charge in [-0.15, -0.1) is 0 Å². The smallest absolute Gasteiger partial charge is 0.205 e. The van der Waals surface area contributed by atoms with Crippen LogP contribution in [0.25, 0.3) is 0 Å². The van der Waals surface area contributed by atoms with Crippen molar-refractivity contribution >= 4 is 28.3 Å². The van der Waals surface area contributed by atoms with Gasteiger partial charge in [0.2, 0.25) is 5.13 Å². The van der Waals surface area contributed by atoms with E-state index in [1.165, 1.54) is 30.4 Å². The molecule has 0 amide bonds. The molecule has 0 aliphatic heterocycles. The van der Waals surface area contributed by atoms with E-state index in [1.54, 1.807) is 6.07 Å². The summed E-state index contributed by atoms with van der Waals surface area (Å²) < 4.78 is 17.7. The van der Waals surface area contributed by atoms with Crippen molar-refractivity contribution in [1.29, 1.82) is 0 Å². The Morgan fingerprint density at radius 3 is 2.95 bits per heavy atom. The summed E-state index contributed by atoms with van der Waals surface area (Å²) in [6.45, 7) is 0.591. The third-order valence-electron chi connectivity index (χ3n) is 3.10. The van der Waals surface area contributed by atoms with Gasteiger partial charge in [0.05, 0.1) is 5.02 Å². The summed E-state index contributed by atoms with van der Waals surface area (Å²) >= 11 is 7.07. The summed E-state index contributed by atoms with van der Waals surface area (Å²) in [7, 11) is 1.93. The van der Waals surface area contributed by atoms with Crippen molar-refractivity contribution < 1.29 is 4.39 Å². The van der Waals surface area contributed by atoms with Gasteiger partial charge < -0.3 is 4.90 Å². The molecule has 0 N–H and O–H groups in total. The van der Waals surface area contributed by atoms with Crippen LogP contribution in [0.2, 0.25) is 5.02 Å². The highest BCUT2D eigenvalue weighted by atomic mass is 35.5. The second kappa shape index (κ2) is 5.06. The van der Waals surface area contributed by atoms with Gasteiger partial charge in [-0.2, -0.15) is 4.37 Å². The van der Waals surface area contributed by atoms with E-state index >= 15 is 0 Å². The van der Waals surface area contributed by atoms with Crippen molar-refractivity contribution in [2.24, 2.45) is 0 Å². The van der Waals surface area contributed by atoms with E-state index in [4.69, 9.17) is 11.6 Å². The molecule has 0 spiro atoms. The van der Waals surface area contributed by atoms with Crippen molar-refractivity contribution in [1.82, 2.24) is 9.36 Å². The predicted molar refractivity (Wildman–Crippen MR) is 75.4 cm³/mol. The van der Waals surface area contributed by atoms with Gasteiger partial charge in [0.15, 0.2) is 0 Å². The molecule has 1 aliphatic rings. The first-order valence-electron chi connectivity index (χ1n) is 6.12. The van der Waals surface area contributed by atoms with Crippen LogP contribution in [-0.2, 0) is 6.54 Å². The summed E-state index contributed by atoms with van der Waals surface area (Å²) in [5, 5.41) is 1.02. The highest BCUT2D eigenvalue weighted by molar-refractivity contribution is 7.09. The number of benzene rings is 1. The van der Waals surface area contributed by atoms with Gasteiger partial charge in [-0.3, -0.25) is 0 Å². The lowest BCUT2D eigenvalue weighted by atomic mass is 10.2. The van der Waals surface area contributed by atoms with Gasteiger partial charge >= 0.3 is 0 Å². The first-order valence-corrected chi connectivity index (χ1v) is 7.27. The topological polar surface area (TPSA) is 29.0 Å². The van der Waals surface area contributed by atoms with Gasteiger partial charge in [0, 0.05) is 31.0 Å². The van der Waals surface area contributed by atoms with Crippen LogP contribution in [0.3, 0.4) is 0 Å². The Balaban J connectivity index is 1.72. The van der Waals surface area contributed by atoms with E-state index in [-0.39, 0.29) is 10.8 Å².